The van der Waals surface area contributed by atoms with Crippen LogP contribution in [0, 0.1) is 0 Å². The third kappa shape index (κ3) is 46.2. The first-order valence-corrected chi connectivity index (χ1v) is 2.17. The second-order valence-corrected chi connectivity index (χ2v) is 1.07. The molecule has 11 heavy (non-hydrogen) atoms. The monoisotopic (exact) mass is 214 g/mol. The van der Waals surface area contributed by atoms with Gasteiger partial charge in [-0.3, -0.25) is 0 Å². The quantitative estimate of drug-likeness (QED) is 0.513. The van der Waals surface area contributed by atoms with Crippen molar-refractivity contribution in [1.29, 1.82) is 0 Å². The van der Waals surface area contributed by atoms with Crippen LogP contribution in [-0.2, 0) is 29.1 Å². The van der Waals surface area contributed by atoms with E-state index in [0.29, 0.717) is 0 Å². The Morgan fingerprint density at radius 3 is 1.64 bits per heavy atom. The summed E-state index contributed by atoms with van der Waals surface area (Å²) >= 11 is 0. The third-order valence-corrected chi connectivity index (χ3v) is 0.289. The zero-order chi connectivity index (χ0) is 8.57. The van der Waals surface area contributed by atoms with E-state index in [1.807, 2.05) is 0 Å². The Bertz CT molecular complexity index is 136. The van der Waals surface area contributed by atoms with Crippen molar-refractivity contribution in [3.05, 3.63) is 12.7 Å². The van der Waals surface area contributed by atoms with Crippen molar-refractivity contribution in [1.82, 2.24) is 0 Å². The van der Waals surface area contributed by atoms with Crippen molar-refractivity contribution in [2.75, 3.05) is 6.67 Å². The van der Waals surface area contributed by atoms with Crippen LogP contribution in [0.1, 0.15) is 0 Å². The van der Waals surface area contributed by atoms with Crippen LogP contribution in [0.5, 0.6) is 0 Å². The Morgan fingerprint density at radius 1 is 1.45 bits per heavy atom. The van der Waals surface area contributed by atoms with E-state index in [2.05, 4.69) is 6.58 Å². The van der Waals surface area contributed by atoms with Crippen LogP contribution < -0.4 is 0 Å². The molecule has 0 heterocycles. The molecule has 0 aromatic carbocycles. The normalized spacial score (nSPS) is 6.27. The summed E-state index contributed by atoms with van der Waals surface area (Å²) in [6.45, 7) is 1.68. The zero-order valence-electron chi connectivity index (χ0n) is 5.79. The Balaban J connectivity index is -0.000000107. The van der Waals surface area contributed by atoms with Crippen LogP contribution in [0.25, 0.3) is 0 Å². The molecule has 4 nitrogen and oxygen atoms in total. The summed E-state index contributed by atoms with van der Waals surface area (Å²) in [5, 5.41) is 15.0. The Morgan fingerprint density at radius 2 is 1.64 bits per heavy atom. The predicted molar refractivity (Wildman–Crippen MR) is 31.4 cm³/mol. The maximum absolute atomic E-state index is 10.5. The summed E-state index contributed by atoms with van der Waals surface area (Å²) in [6.07, 6.45) is 0.833. The summed E-state index contributed by atoms with van der Waals surface area (Å²) in [5.41, 5.74) is 0. The van der Waals surface area contributed by atoms with Crippen molar-refractivity contribution in [2.45, 2.75) is 0 Å². The zero-order valence-corrected chi connectivity index (χ0v) is 8.75. The van der Waals surface area contributed by atoms with E-state index in [1.54, 1.807) is 0 Å². The molecule has 0 spiro atoms. The van der Waals surface area contributed by atoms with Crippen LogP contribution in [-0.4, -0.2) is 28.8 Å². The van der Waals surface area contributed by atoms with Gasteiger partial charge in [0.15, 0.2) is 6.67 Å². The summed E-state index contributed by atoms with van der Waals surface area (Å²) in [6, 6.07) is 0. The molecule has 0 saturated carbocycles. The van der Waals surface area contributed by atoms with E-state index in [0.717, 1.165) is 6.08 Å². The van der Waals surface area contributed by atoms with E-state index in [9.17, 15) is 9.18 Å². The first-order chi connectivity index (χ1) is 4.54. The molecule has 0 aliphatic heterocycles. The van der Waals surface area contributed by atoms with Gasteiger partial charge in [0.25, 0.3) is 0 Å². The van der Waals surface area contributed by atoms with Gasteiger partial charge in [-0.15, -0.1) is 0 Å². The summed E-state index contributed by atoms with van der Waals surface area (Å²) < 4.78 is 10.5. The largest absolute Gasteiger partial charge is 0.479 e. The molecule has 0 amide bonds. The van der Waals surface area contributed by atoms with E-state index in [1.165, 1.54) is 0 Å². The molecule has 2 N–H and O–H groups in total. The fourth-order valence-corrected chi connectivity index (χ4v) is 0. The van der Waals surface area contributed by atoms with Gasteiger partial charge < -0.3 is 10.2 Å². The summed E-state index contributed by atoms with van der Waals surface area (Å²) in [5.74, 6) is -2.39. The van der Waals surface area contributed by atoms with Crippen LogP contribution in [0.3, 0.4) is 0 Å². The second-order valence-electron chi connectivity index (χ2n) is 1.07. The van der Waals surface area contributed by atoms with Gasteiger partial charge in [-0.25, -0.2) is 14.0 Å². The number of hydrogen-bond donors (Lipinski definition) is 2. The van der Waals surface area contributed by atoms with Crippen LogP contribution in [0.4, 0.5) is 4.39 Å². The molecule has 0 unspecified atom stereocenters. The molecule has 0 aromatic heterocycles. The average molecular weight is 215 g/mol. The van der Waals surface area contributed by atoms with Crippen molar-refractivity contribution in [3.63, 3.8) is 0 Å². The van der Waals surface area contributed by atoms with Crippen molar-refractivity contribution < 1.29 is 43.7 Å². The topological polar surface area (TPSA) is 74.6 Å². The summed E-state index contributed by atoms with van der Waals surface area (Å²) in [4.78, 5) is 18.2. The molecule has 0 aliphatic rings. The third-order valence-electron chi connectivity index (χ3n) is 0.289. The van der Waals surface area contributed by atoms with Crippen molar-refractivity contribution in [2.24, 2.45) is 0 Å². The van der Waals surface area contributed by atoms with Gasteiger partial charge in [-0.1, -0.05) is 6.58 Å². The Kier molecular flexibility index (Phi) is 18.1. The van der Waals surface area contributed by atoms with Gasteiger partial charge in [0, 0.05) is 25.6 Å². The molecule has 0 rings (SSSR count). The molecule has 0 aromatic rings. The standard InChI is InChI=1S/C3H4O2.C2H3FO2.Zn/c1-2-3(4)5;3-1-2(4)5;/h2H,1H2,(H,4,5);1H2,(H,4,5);. The molecule has 0 bridgehead atoms. The molecule has 0 fully saturated rings. The van der Waals surface area contributed by atoms with E-state index < -0.39 is 18.6 Å². The number of carboxylic acids is 2. The first kappa shape index (κ1) is 16.7. The minimum Gasteiger partial charge on any atom is -0.479 e. The van der Waals surface area contributed by atoms with Crippen LogP contribution in [0.2, 0.25) is 0 Å². The molecule has 0 atom stereocenters. The maximum Gasteiger partial charge on any atom is 0.335 e. The number of alkyl halides is 1. The van der Waals surface area contributed by atoms with Gasteiger partial charge in [0.2, 0.25) is 0 Å². The SMILES string of the molecule is C=CC(=O)O.O=C(O)CF.[Zn]. The number of rotatable bonds is 2. The second kappa shape index (κ2) is 12.0. The molecule has 0 aliphatic carbocycles. The van der Waals surface area contributed by atoms with Gasteiger partial charge in [0.05, 0.1) is 0 Å². The smallest absolute Gasteiger partial charge is 0.335 e. The number of carboxylic acid groups (broad SMARTS) is 2. The molecular weight excluding hydrogens is 208 g/mol. The van der Waals surface area contributed by atoms with Crippen molar-refractivity contribution >= 4 is 11.9 Å². The average Bonchev–Trinajstić information content (AvgIpc) is 1.89. The van der Waals surface area contributed by atoms with Crippen molar-refractivity contribution in [3.8, 4) is 0 Å². The van der Waals surface area contributed by atoms with Crippen LogP contribution >= 0.6 is 0 Å². The Hall–Kier alpha value is -0.767. The summed E-state index contributed by atoms with van der Waals surface area (Å²) in [7, 11) is 0. The maximum atomic E-state index is 10.5. The Labute approximate surface area is 75.5 Å². The fourth-order valence-electron chi connectivity index (χ4n) is 0. The van der Waals surface area contributed by atoms with Gasteiger partial charge in [-0.2, -0.15) is 0 Å². The molecule has 6 heteroatoms. The first-order valence-electron chi connectivity index (χ1n) is 2.17. The minimum absolute atomic E-state index is 0. The van der Waals surface area contributed by atoms with E-state index in [4.69, 9.17) is 15.0 Å². The number of halogens is 1. The fraction of sp³-hybridized carbons (Fsp3) is 0.200. The minimum atomic E-state index is -1.41. The van der Waals surface area contributed by atoms with Gasteiger partial charge in [0.1, 0.15) is 0 Å². The number of hydrogen-bond acceptors (Lipinski definition) is 2. The predicted octanol–water partition coefficient (Wildman–Crippen LogP) is 0.295. The molecular formula is C5H7FO4Zn. The number of carbonyl (C=O) groups is 2. The van der Waals surface area contributed by atoms with Gasteiger partial charge in [-0.05, 0) is 0 Å². The van der Waals surface area contributed by atoms with E-state index in [-0.39, 0.29) is 19.5 Å². The van der Waals surface area contributed by atoms with Crippen LogP contribution in [0.15, 0.2) is 12.7 Å². The van der Waals surface area contributed by atoms with E-state index >= 15 is 0 Å². The molecule has 0 saturated heterocycles. The molecule has 0 radical (unpaired) electrons. The van der Waals surface area contributed by atoms with Gasteiger partial charge >= 0.3 is 11.9 Å². The number of aliphatic carboxylic acids is 2. The molecule has 60 valence electrons.